The van der Waals surface area contributed by atoms with E-state index in [0.717, 1.165) is 44.9 Å². The molecule has 0 aliphatic heterocycles. The third-order valence-electron chi connectivity index (χ3n) is 6.70. The first-order valence-electron chi connectivity index (χ1n) is 12.1. The molecule has 3 rings (SSSR count). The number of carbonyl (C=O) groups excluding carboxylic acids is 1. The largest absolute Gasteiger partial charge is 0.451 e. The van der Waals surface area contributed by atoms with Crippen LogP contribution in [0.4, 0.5) is 0 Å². The first-order valence-corrected chi connectivity index (χ1v) is 13.6. The molecule has 6 nitrogen and oxygen atoms in total. The quantitative estimate of drug-likeness (QED) is 0.495. The summed E-state index contributed by atoms with van der Waals surface area (Å²) in [6.45, 7) is 9.17. The lowest BCUT2D eigenvalue weighted by molar-refractivity contribution is 0.0883. The van der Waals surface area contributed by atoms with Crippen molar-refractivity contribution in [3.63, 3.8) is 0 Å². The summed E-state index contributed by atoms with van der Waals surface area (Å²) in [4.78, 5) is 13.2. The Bertz CT molecular complexity index is 1020. The zero-order valence-electron chi connectivity index (χ0n) is 19.9. The van der Waals surface area contributed by atoms with Crippen molar-refractivity contribution in [2.24, 2.45) is 5.92 Å². The lowest BCUT2D eigenvalue weighted by Crippen LogP contribution is -2.41. The predicted octanol–water partition coefficient (Wildman–Crippen LogP) is 5.64. The molecule has 1 aromatic carbocycles. The molecule has 2 aromatic rings. The van der Waals surface area contributed by atoms with Gasteiger partial charge in [-0.1, -0.05) is 46.5 Å². The molecule has 1 aliphatic rings. The highest BCUT2D eigenvalue weighted by Gasteiger charge is 2.28. The molecule has 0 radical (unpaired) electrons. The lowest BCUT2D eigenvalue weighted by atomic mass is 9.86. The van der Waals surface area contributed by atoms with Crippen molar-refractivity contribution in [1.82, 2.24) is 9.62 Å². The molecule has 0 bridgehead atoms. The number of rotatable bonds is 10. The fourth-order valence-electron chi connectivity index (χ4n) is 4.51. The van der Waals surface area contributed by atoms with Crippen molar-refractivity contribution in [3.8, 4) is 0 Å². The monoisotopic (exact) mass is 462 g/mol. The number of carbonyl (C=O) groups is 1. The number of hydrogen-bond donors (Lipinski definition) is 1. The molecule has 1 aromatic heterocycles. The van der Waals surface area contributed by atoms with Gasteiger partial charge in [0.2, 0.25) is 10.0 Å². The van der Waals surface area contributed by atoms with Crippen molar-refractivity contribution >= 4 is 26.9 Å². The molecule has 32 heavy (non-hydrogen) atoms. The zero-order chi connectivity index (χ0) is 23.3. The van der Waals surface area contributed by atoms with E-state index in [-0.39, 0.29) is 22.6 Å². The van der Waals surface area contributed by atoms with E-state index in [1.54, 1.807) is 22.5 Å². The molecule has 1 fully saturated rings. The number of nitrogens with one attached hydrogen (secondary N) is 1. The summed E-state index contributed by atoms with van der Waals surface area (Å²) in [5.74, 6) is 0.516. The van der Waals surface area contributed by atoms with E-state index in [2.05, 4.69) is 26.1 Å². The van der Waals surface area contributed by atoms with Gasteiger partial charge in [-0.05, 0) is 56.7 Å². The maximum atomic E-state index is 13.4. The van der Waals surface area contributed by atoms with E-state index in [4.69, 9.17) is 4.42 Å². The van der Waals surface area contributed by atoms with Crippen molar-refractivity contribution in [3.05, 3.63) is 29.5 Å². The van der Waals surface area contributed by atoms with Gasteiger partial charge in [-0.15, -0.1) is 0 Å². The second-order valence-corrected chi connectivity index (χ2v) is 11.1. The molecule has 1 heterocycles. The lowest BCUT2D eigenvalue weighted by Gasteiger charge is -2.29. The van der Waals surface area contributed by atoms with Crippen LogP contribution in [0.5, 0.6) is 0 Å². The molecule has 178 valence electrons. The van der Waals surface area contributed by atoms with Crippen LogP contribution in [0, 0.1) is 12.8 Å². The predicted molar refractivity (Wildman–Crippen MR) is 128 cm³/mol. The van der Waals surface area contributed by atoms with Crippen LogP contribution in [-0.4, -0.2) is 37.8 Å². The molecule has 1 amide bonds. The van der Waals surface area contributed by atoms with Crippen molar-refractivity contribution < 1.29 is 17.6 Å². The Morgan fingerprint density at radius 1 is 1.12 bits per heavy atom. The third-order valence-corrected chi connectivity index (χ3v) is 8.60. The average Bonchev–Trinajstić information content (AvgIpc) is 3.11. The molecule has 2 atom stereocenters. The summed E-state index contributed by atoms with van der Waals surface area (Å²) in [5, 5.41) is 3.82. The number of nitrogens with zero attached hydrogens (tertiary/aromatic N) is 1. The van der Waals surface area contributed by atoms with E-state index in [9.17, 15) is 13.2 Å². The number of benzene rings is 1. The van der Waals surface area contributed by atoms with Gasteiger partial charge in [0.1, 0.15) is 5.58 Å². The van der Waals surface area contributed by atoms with Gasteiger partial charge in [-0.25, -0.2) is 8.42 Å². The standard InChI is InChI=1S/C25H38N2O4S/c1-5-7-15-27(16-8-6-2)32(29,30)20-13-14-23-21(17-20)19(4)24(31-23)25(28)26-22-12-10-9-11-18(22)3/h13-14,17-18,22H,5-12,15-16H2,1-4H3,(H,26,28)/t18-,22+/m0/s1. The fraction of sp³-hybridized carbons (Fsp3) is 0.640. The van der Waals surface area contributed by atoms with Crippen molar-refractivity contribution in [2.75, 3.05) is 13.1 Å². The van der Waals surface area contributed by atoms with Gasteiger partial charge >= 0.3 is 0 Å². The smallest absolute Gasteiger partial charge is 0.287 e. The van der Waals surface area contributed by atoms with Crippen molar-refractivity contribution in [2.45, 2.75) is 90.0 Å². The summed E-state index contributed by atoms with van der Waals surface area (Å²) in [7, 11) is -3.60. The van der Waals surface area contributed by atoms with Gasteiger partial charge in [-0.3, -0.25) is 4.79 Å². The summed E-state index contributed by atoms with van der Waals surface area (Å²) in [6.07, 6.45) is 7.99. The SMILES string of the molecule is CCCCN(CCCC)S(=O)(=O)c1ccc2oc(C(=O)N[C@@H]3CCCC[C@@H]3C)c(C)c2c1. The topological polar surface area (TPSA) is 79.6 Å². The van der Waals surface area contributed by atoms with Gasteiger partial charge in [0.05, 0.1) is 4.90 Å². The summed E-state index contributed by atoms with van der Waals surface area (Å²) in [5.41, 5.74) is 1.23. The van der Waals surface area contributed by atoms with Gasteiger partial charge < -0.3 is 9.73 Å². The van der Waals surface area contributed by atoms with Crippen LogP contribution < -0.4 is 5.32 Å². The normalized spacial score (nSPS) is 19.5. The Morgan fingerprint density at radius 2 is 1.78 bits per heavy atom. The number of aryl methyl sites for hydroxylation is 1. The number of amides is 1. The van der Waals surface area contributed by atoms with Crippen LogP contribution in [0.15, 0.2) is 27.5 Å². The van der Waals surface area contributed by atoms with Crippen LogP contribution >= 0.6 is 0 Å². The Kier molecular flexibility index (Phi) is 8.39. The zero-order valence-corrected chi connectivity index (χ0v) is 20.8. The van der Waals surface area contributed by atoms with Gasteiger partial charge in [0.25, 0.3) is 5.91 Å². The third kappa shape index (κ3) is 5.37. The van der Waals surface area contributed by atoms with Crippen LogP contribution in [-0.2, 0) is 10.0 Å². The van der Waals surface area contributed by atoms with Gasteiger partial charge in [-0.2, -0.15) is 4.31 Å². The molecule has 0 spiro atoms. The number of sulfonamides is 1. The molecular weight excluding hydrogens is 424 g/mol. The highest BCUT2D eigenvalue weighted by atomic mass is 32.2. The average molecular weight is 463 g/mol. The Labute approximate surface area is 192 Å². The second-order valence-electron chi connectivity index (χ2n) is 9.17. The van der Waals surface area contributed by atoms with E-state index in [1.807, 2.05) is 6.92 Å². The Morgan fingerprint density at radius 3 is 2.41 bits per heavy atom. The van der Waals surface area contributed by atoms with Crippen LogP contribution in [0.25, 0.3) is 11.0 Å². The van der Waals surface area contributed by atoms with E-state index in [1.165, 1.54) is 6.42 Å². The number of hydrogen-bond acceptors (Lipinski definition) is 4. The van der Waals surface area contributed by atoms with Crippen LogP contribution in [0.3, 0.4) is 0 Å². The van der Waals surface area contributed by atoms with E-state index in [0.29, 0.717) is 35.5 Å². The van der Waals surface area contributed by atoms with Gasteiger partial charge in [0, 0.05) is 30.1 Å². The van der Waals surface area contributed by atoms with Gasteiger partial charge in [0.15, 0.2) is 5.76 Å². The molecule has 1 saturated carbocycles. The minimum absolute atomic E-state index is 0.158. The number of furan rings is 1. The summed E-state index contributed by atoms with van der Waals surface area (Å²) >= 11 is 0. The highest BCUT2D eigenvalue weighted by molar-refractivity contribution is 7.89. The molecule has 1 aliphatic carbocycles. The van der Waals surface area contributed by atoms with Crippen LogP contribution in [0.2, 0.25) is 0 Å². The van der Waals surface area contributed by atoms with Crippen LogP contribution in [0.1, 0.15) is 88.3 Å². The highest BCUT2D eigenvalue weighted by Crippen LogP contribution is 2.30. The minimum atomic E-state index is -3.60. The molecule has 0 unspecified atom stereocenters. The summed E-state index contributed by atoms with van der Waals surface area (Å²) < 4.78 is 34.2. The maximum Gasteiger partial charge on any atom is 0.287 e. The summed E-state index contributed by atoms with van der Waals surface area (Å²) in [6, 6.07) is 5.09. The molecule has 1 N–H and O–H groups in total. The number of fused-ring (bicyclic) bond motifs is 1. The molecular formula is C25H38N2O4S. The molecule has 0 saturated heterocycles. The second kappa shape index (κ2) is 10.8. The van der Waals surface area contributed by atoms with E-state index >= 15 is 0 Å². The Balaban J connectivity index is 1.88. The fourth-order valence-corrected chi connectivity index (χ4v) is 6.06. The molecule has 7 heteroatoms. The maximum absolute atomic E-state index is 13.4. The Hall–Kier alpha value is -1.86. The van der Waals surface area contributed by atoms with Crippen molar-refractivity contribution in [1.29, 1.82) is 0 Å². The van der Waals surface area contributed by atoms with E-state index < -0.39 is 10.0 Å². The first-order chi connectivity index (χ1) is 15.3. The number of unbranched alkanes of at least 4 members (excludes halogenated alkanes) is 2. The minimum Gasteiger partial charge on any atom is -0.451 e. The first kappa shape index (κ1) is 24.8.